The molecule has 1 fully saturated rings. The Hall–Kier alpha value is -0.730. The number of hydrogen-bond donors (Lipinski definition) is 0. The first-order chi connectivity index (χ1) is 7.11. The summed E-state index contributed by atoms with van der Waals surface area (Å²) in [7, 11) is 0. The van der Waals surface area contributed by atoms with Crippen LogP contribution in [-0.2, 0) is 4.79 Å². The van der Waals surface area contributed by atoms with E-state index in [2.05, 4.69) is 0 Å². The molecule has 2 rings (SSSR count). The van der Waals surface area contributed by atoms with E-state index >= 15 is 0 Å². The normalized spacial score (nSPS) is 16.2. The zero-order valence-corrected chi connectivity index (χ0v) is 9.90. The molecule has 0 aromatic heterocycles. The van der Waals surface area contributed by atoms with Gasteiger partial charge >= 0.3 is 0 Å². The van der Waals surface area contributed by atoms with Crippen LogP contribution in [0.1, 0.15) is 18.4 Å². The minimum atomic E-state index is 0.101. The van der Waals surface area contributed by atoms with Crippen molar-refractivity contribution in [2.45, 2.75) is 19.8 Å². The van der Waals surface area contributed by atoms with Crippen molar-refractivity contribution in [3.05, 3.63) is 27.7 Å². The lowest BCUT2D eigenvalue weighted by Gasteiger charge is -2.19. The second-order valence-electron chi connectivity index (χ2n) is 3.68. The maximum Gasteiger partial charge on any atom is 0.227 e. The third-order valence-electron chi connectivity index (χ3n) is 2.60. The number of aryl methyl sites for hydroxylation is 1. The number of anilines is 1. The van der Waals surface area contributed by atoms with Crippen LogP contribution in [0.2, 0.25) is 10.0 Å². The maximum atomic E-state index is 11.6. The number of benzene rings is 1. The Labute approximate surface area is 98.8 Å². The minimum absolute atomic E-state index is 0.101. The van der Waals surface area contributed by atoms with Gasteiger partial charge in [0.05, 0.1) is 15.7 Å². The van der Waals surface area contributed by atoms with Gasteiger partial charge < -0.3 is 4.90 Å². The Morgan fingerprint density at radius 3 is 2.67 bits per heavy atom. The third kappa shape index (κ3) is 1.84. The highest BCUT2D eigenvalue weighted by Gasteiger charge is 2.26. The highest BCUT2D eigenvalue weighted by molar-refractivity contribution is 6.40. The van der Waals surface area contributed by atoms with Gasteiger partial charge in [0.2, 0.25) is 5.91 Å². The number of nitrogens with zero attached hydrogens (tertiary/aromatic N) is 1. The van der Waals surface area contributed by atoms with E-state index in [1.165, 1.54) is 0 Å². The molecule has 1 aliphatic heterocycles. The molecule has 0 saturated carbocycles. The van der Waals surface area contributed by atoms with E-state index in [4.69, 9.17) is 23.2 Å². The lowest BCUT2D eigenvalue weighted by molar-refractivity contribution is -0.117. The van der Waals surface area contributed by atoms with E-state index < -0.39 is 0 Å². The summed E-state index contributed by atoms with van der Waals surface area (Å²) < 4.78 is 0. The fourth-order valence-electron chi connectivity index (χ4n) is 1.77. The first-order valence-electron chi connectivity index (χ1n) is 4.86. The average Bonchev–Trinajstić information content (AvgIpc) is 2.60. The van der Waals surface area contributed by atoms with Crippen LogP contribution in [0.3, 0.4) is 0 Å². The van der Waals surface area contributed by atoms with E-state index in [1.54, 1.807) is 11.0 Å². The summed E-state index contributed by atoms with van der Waals surface area (Å²) >= 11 is 12.2. The number of halogens is 2. The fraction of sp³-hybridized carbons (Fsp3) is 0.364. The molecule has 1 heterocycles. The molecule has 0 spiro atoms. The monoisotopic (exact) mass is 243 g/mol. The zero-order valence-electron chi connectivity index (χ0n) is 8.39. The molecule has 1 amide bonds. The van der Waals surface area contributed by atoms with E-state index in [0.29, 0.717) is 28.7 Å². The Morgan fingerprint density at radius 1 is 1.33 bits per heavy atom. The molecule has 1 aromatic carbocycles. The molecule has 0 unspecified atom stereocenters. The summed E-state index contributed by atoms with van der Waals surface area (Å²) in [6, 6.07) is 3.64. The molecule has 0 N–H and O–H groups in total. The van der Waals surface area contributed by atoms with E-state index in [0.717, 1.165) is 12.0 Å². The lowest BCUT2D eigenvalue weighted by Crippen LogP contribution is -2.24. The smallest absolute Gasteiger partial charge is 0.227 e. The minimum Gasteiger partial charge on any atom is -0.310 e. The highest BCUT2D eigenvalue weighted by atomic mass is 35.5. The van der Waals surface area contributed by atoms with Gasteiger partial charge in [0.15, 0.2) is 0 Å². The van der Waals surface area contributed by atoms with Crippen LogP contribution in [-0.4, -0.2) is 12.5 Å². The van der Waals surface area contributed by atoms with Crippen LogP contribution in [0, 0.1) is 6.92 Å². The van der Waals surface area contributed by atoms with Gasteiger partial charge in [-0.15, -0.1) is 0 Å². The van der Waals surface area contributed by atoms with Crippen molar-refractivity contribution in [3.63, 3.8) is 0 Å². The van der Waals surface area contributed by atoms with Gasteiger partial charge in [-0.3, -0.25) is 4.79 Å². The van der Waals surface area contributed by atoms with Crippen molar-refractivity contribution in [1.82, 2.24) is 0 Å². The van der Waals surface area contributed by atoms with Crippen molar-refractivity contribution in [3.8, 4) is 0 Å². The molecule has 0 radical (unpaired) electrons. The molecular formula is C11H11Cl2NO. The van der Waals surface area contributed by atoms with E-state index in [-0.39, 0.29) is 5.91 Å². The quantitative estimate of drug-likeness (QED) is 0.741. The molecule has 1 saturated heterocycles. The van der Waals surface area contributed by atoms with Crippen LogP contribution in [0.25, 0.3) is 0 Å². The van der Waals surface area contributed by atoms with Gasteiger partial charge in [-0.1, -0.05) is 29.3 Å². The molecule has 80 valence electrons. The summed E-state index contributed by atoms with van der Waals surface area (Å²) in [5, 5.41) is 1.12. The summed E-state index contributed by atoms with van der Waals surface area (Å²) in [6.45, 7) is 2.62. The third-order valence-corrected chi connectivity index (χ3v) is 3.39. The van der Waals surface area contributed by atoms with E-state index in [1.807, 2.05) is 13.0 Å². The number of rotatable bonds is 1. The average molecular weight is 244 g/mol. The summed E-state index contributed by atoms with van der Waals surface area (Å²) in [5.41, 5.74) is 1.61. The lowest BCUT2D eigenvalue weighted by atomic mass is 10.2. The zero-order chi connectivity index (χ0) is 11.0. The van der Waals surface area contributed by atoms with Gasteiger partial charge in [-0.2, -0.15) is 0 Å². The van der Waals surface area contributed by atoms with Crippen LogP contribution >= 0.6 is 23.2 Å². The maximum absolute atomic E-state index is 11.6. The number of carbonyl (C=O) groups excluding carboxylic acids is 1. The second kappa shape index (κ2) is 4.03. The highest BCUT2D eigenvalue weighted by Crippen LogP contribution is 2.37. The van der Waals surface area contributed by atoms with Gasteiger partial charge in [0.1, 0.15) is 0 Å². The summed E-state index contributed by atoms with van der Waals surface area (Å²) in [4.78, 5) is 13.3. The fourth-order valence-corrected chi connectivity index (χ4v) is 2.35. The predicted molar refractivity (Wildman–Crippen MR) is 62.8 cm³/mol. The van der Waals surface area contributed by atoms with Crippen LogP contribution in [0.4, 0.5) is 5.69 Å². The van der Waals surface area contributed by atoms with Crippen LogP contribution < -0.4 is 4.90 Å². The largest absolute Gasteiger partial charge is 0.310 e. The van der Waals surface area contributed by atoms with E-state index in [9.17, 15) is 4.79 Å². The van der Waals surface area contributed by atoms with Crippen molar-refractivity contribution in [2.24, 2.45) is 0 Å². The van der Waals surface area contributed by atoms with Gasteiger partial charge in [-0.25, -0.2) is 0 Å². The van der Waals surface area contributed by atoms with Gasteiger partial charge in [-0.05, 0) is 25.0 Å². The second-order valence-corrected chi connectivity index (χ2v) is 4.46. The number of hydrogen-bond acceptors (Lipinski definition) is 1. The predicted octanol–water partition coefficient (Wildman–Crippen LogP) is 3.43. The van der Waals surface area contributed by atoms with Gasteiger partial charge in [0, 0.05) is 13.0 Å². The molecule has 15 heavy (non-hydrogen) atoms. The molecule has 1 aromatic rings. The number of carbonyl (C=O) groups is 1. The van der Waals surface area contributed by atoms with Crippen LogP contribution in [0.5, 0.6) is 0 Å². The van der Waals surface area contributed by atoms with Crippen LogP contribution in [0.15, 0.2) is 12.1 Å². The molecule has 0 atom stereocenters. The molecule has 1 aliphatic rings. The Morgan fingerprint density at radius 2 is 2.07 bits per heavy atom. The van der Waals surface area contributed by atoms with Crippen molar-refractivity contribution in [1.29, 1.82) is 0 Å². The van der Waals surface area contributed by atoms with Crippen molar-refractivity contribution < 1.29 is 4.79 Å². The Bertz CT molecular complexity index is 417. The molecule has 0 bridgehead atoms. The van der Waals surface area contributed by atoms with Crippen molar-refractivity contribution in [2.75, 3.05) is 11.4 Å². The van der Waals surface area contributed by atoms with Crippen molar-refractivity contribution >= 4 is 34.8 Å². The first-order valence-corrected chi connectivity index (χ1v) is 5.62. The Kier molecular flexibility index (Phi) is 2.89. The standard InChI is InChI=1S/C11H11Cl2NO/c1-7-4-5-8(12)11(10(7)13)14-6-2-3-9(14)15/h4-5H,2-3,6H2,1H3. The summed E-state index contributed by atoms with van der Waals surface area (Å²) in [6.07, 6.45) is 1.46. The molecular weight excluding hydrogens is 233 g/mol. The molecule has 4 heteroatoms. The van der Waals surface area contributed by atoms with Gasteiger partial charge in [0.25, 0.3) is 0 Å². The number of amides is 1. The molecule has 0 aliphatic carbocycles. The Balaban J connectivity index is 2.51. The molecule has 2 nitrogen and oxygen atoms in total. The first kappa shape index (κ1) is 10.8. The SMILES string of the molecule is Cc1ccc(Cl)c(N2CCCC2=O)c1Cl. The summed E-state index contributed by atoms with van der Waals surface area (Å²) in [5.74, 6) is 0.101. The topological polar surface area (TPSA) is 20.3 Å².